The molecule has 0 spiro atoms. The second-order valence-electron chi connectivity index (χ2n) is 10.9. The van der Waals surface area contributed by atoms with Crippen LogP contribution in [0, 0.1) is 11.8 Å². The molecule has 1 amide bonds. The van der Waals surface area contributed by atoms with Gasteiger partial charge >= 0.3 is 6.09 Å². The minimum Gasteiger partial charge on any atom is -0.508 e. The molecular formula is C28H36N2O10S. The second kappa shape index (κ2) is 12.4. The molecule has 13 heteroatoms. The Bertz CT molecular complexity index is 1320. The van der Waals surface area contributed by atoms with Gasteiger partial charge in [0.1, 0.15) is 11.9 Å². The Hall–Kier alpha value is -3.10. The number of nitrogens with one attached hydrogen (secondary N) is 1. The van der Waals surface area contributed by atoms with E-state index in [2.05, 4.69) is 5.32 Å². The molecule has 3 aliphatic rings. The maximum Gasteiger partial charge on any atom is 0.407 e. The molecule has 3 aliphatic heterocycles. The van der Waals surface area contributed by atoms with Crippen molar-refractivity contribution in [2.75, 3.05) is 33.1 Å². The maximum absolute atomic E-state index is 13.7. The van der Waals surface area contributed by atoms with Crippen molar-refractivity contribution in [3.8, 4) is 17.2 Å². The number of nitrogens with zero attached hydrogens (tertiary/aromatic N) is 1. The van der Waals surface area contributed by atoms with E-state index in [0.717, 1.165) is 5.56 Å². The highest BCUT2D eigenvalue weighted by Gasteiger charge is 2.44. The Morgan fingerprint density at radius 3 is 2.61 bits per heavy atom. The highest BCUT2D eigenvalue weighted by atomic mass is 32.2. The van der Waals surface area contributed by atoms with Crippen LogP contribution in [0.5, 0.6) is 17.2 Å². The van der Waals surface area contributed by atoms with Gasteiger partial charge in [0, 0.05) is 19.2 Å². The number of ether oxygens (including phenoxy) is 5. The van der Waals surface area contributed by atoms with Gasteiger partial charge in [0.2, 0.25) is 16.8 Å². The van der Waals surface area contributed by atoms with Gasteiger partial charge in [0.15, 0.2) is 17.8 Å². The van der Waals surface area contributed by atoms with Gasteiger partial charge in [-0.15, -0.1) is 0 Å². The van der Waals surface area contributed by atoms with Crippen LogP contribution in [-0.4, -0.2) is 86.7 Å². The number of aromatic hydroxyl groups is 1. The molecule has 2 aromatic carbocycles. The Labute approximate surface area is 239 Å². The monoisotopic (exact) mass is 592 g/mol. The van der Waals surface area contributed by atoms with E-state index in [1.54, 1.807) is 12.1 Å². The lowest BCUT2D eigenvalue weighted by Crippen LogP contribution is -2.51. The van der Waals surface area contributed by atoms with Crippen molar-refractivity contribution in [3.63, 3.8) is 0 Å². The van der Waals surface area contributed by atoms with Gasteiger partial charge in [-0.25, -0.2) is 13.2 Å². The van der Waals surface area contributed by atoms with E-state index < -0.39 is 40.7 Å². The number of hydrogen-bond donors (Lipinski definition) is 3. The molecule has 3 N–H and O–H groups in total. The van der Waals surface area contributed by atoms with Crippen molar-refractivity contribution in [2.24, 2.45) is 11.8 Å². The molecule has 2 saturated heterocycles. The van der Waals surface area contributed by atoms with Crippen LogP contribution in [0.15, 0.2) is 47.4 Å². The number of rotatable bonds is 11. The first-order valence-corrected chi connectivity index (χ1v) is 15.1. The number of fused-ring (bicyclic) bond motifs is 2. The maximum atomic E-state index is 13.7. The fourth-order valence-corrected chi connectivity index (χ4v) is 6.88. The van der Waals surface area contributed by atoms with Crippen LogP contribution in [0.4, 0.5) is 4.79 Å². The molecule has 0 radical (unpaired) electrons. The summed E-state index contributed by atoms with van der Waals surface area (Å²) < 4.78 is 56.0. The number of aliphatic hydroxyl groups excluding tert-OH is 1. The third kappa shape index (κ3) is 6.87. The van der Waals surface area contributed by atoms with Crippen LogP contribution in [0.3, 0.4) is 0 Å². The van der Waals surface area contributed by atoms with Gasteiger partial charge in [-0.05, 0) is 48.6 Å². The van der Waals surface area contributed by atoms with Crippen molar-refractivity contribution in [1.82, 2.24) is 9.62 Å². The largest absolute Gasteiger partial charge is 0.508 e. The third-order valence-electron chi connectivity index (χ3n) is 7.34. The van der Waals surface area contributed by atoms with E-state index >= 15 is 0 Å². The van der Waals surface area contributed by atoms with E-state index in [0.29, 0.717) is 24.5 Å². The van der Waals surface area contributed by atoms with Gasteiger partial charge in [0.05, 0.1) is 36.2 Å². The molecule has 224 valence electrons. The number of phenols is 1. The summed E-state index contributed by atoms with van der Waals surface area (Å²) in [5.74, 6) is 0.750. The predicted octanol–water partition coefficient (Wildman–Crippen LogP) is 2.23. The standard InChI is InChI=1S/C28H36N2O10S/c1-17(2)13-30(41(34,35)20-7-8-24-25(12-20)39-16-38-24)14-23(32)22(11-18-3-5-19(31)6-4-18)29-28(33)40-26-15-37-27-21(26)9-10-36-27/h3-8,12,17,21-23,26-27,31-32H,9-11,13-16H2,1-2H3,(H,29,33)/t21?,22-,23+,26?,27?/m0/s1. The molecule has 5 atom stereocenters. The number of amides is 1. The van der Waals surface area contributed by atoms with Crippen LogP contribution in [0.2, 0.25) is 0 Å². The zero-order chi connectivity index (χ0) is 29.1. The summed E-state index contributed by atoms with van der Waals surface area (Å²) in [4.78, 5) is 13.0. The summed E-state index contributed by atoms with van der Waals surface area (Å²) >= 11 is 0. The number of carbonyl (C=O) groups excluding carboxylic acids is 1. The van der Waals surface area contributed by atoms with Crippen molar-refractivity contribution in [1.29, 1.82) is 0 Å². The van der Waals surface area contributed by atoms with E-state index in [1.807, 2.05) is 13.8 Å². The lowest BCUT2D eigenvalue weighted by Gasteiger charge is -2.31. The number of hydrogen-bond acceptors (Lipinski definition) is 10. The quantitative estimate of drug-likeness (QED) is 0.354. The molecule has 2 fully saturated rings. The molecule has 0 aromatic heterocycles. The van der Waals surface area contributed by atoms with Crippen LogP contribution in [0.25, 0.3) is 0 Å². The van der Waals surface area contributed by atoms with Gasteiger partial charge < -0.3 is 39.2 Å². The highest BCUT2D eigenvalue weighted by molar-refractivity contribution is 7.89. The van der Waals surface area contributed by atoms with Crippen molar-refractivity contribution >= 4 is 16.1 Å². The fourth-order valence-electron chi connectivity index (χ4n) is 5.24. The molecule has 0 bridgehead atoms. The van der Waals surface area contributed by atoms with E-state index in [1.165, 1.54) is 34.6 Å². The number of carbonyl (C=O) groups is 1. The second-order valence-corrected chi connectivity index (χ2v) is 12.8. The average molecular weight is 593 g/mol. The Balaban J connectivity index is 1.34. The number of phenolic OH excluding ortho intramolecular Hbond substituents is 1. The van der Waals surface area contributed by atoms with Gasteiger partial charge in [-0.3, -0.25) is 0 Å². The molecule has 5 rings (SSSR count). The van der Waals surface area contributed by atoms with Crippen molar-refractivity contribution in [3.05, 3.63) is 48.0 Å². The van der Waals surface area contributed by atoms with Crippen LogP contribution < -0.4 is 14.8 Å². The van der Waals surface area contributed by atoms with Crippen molar-refractivity contribution < 1.29 is 47.1 Å². The highest BCUT2D eigenvalue weighted by Crippen LogP contribution is 2.35. The third-order valence-corrected chi connectivity index (χ3v) is 9.17. The van der Waals surface area contributed by atoms with Crippen LogP contribution >= 0.6 is 0 Å². The van der Waals surface area contributed by atoms with E-state index in [9.17, 15) is 23.4 Å². The Morgan fingerprint density at radius 2 is 1.85 bits per heavy atom. The SMILES string of the molecule is CC(C)CN(C[C@@H](O)[C@H](Cc1ccc(O)cc1)NC(=O)OC1COC2OCCC12)S(=O)(=O)c1ccc2c(c1)OCO2. The molecule has 3 unspecified atom stereocenters. The van der Waals surface area contributed by atoms with Crippen LogP contribution in [0.1, 0.15) is 25.8 Å². The molecule has 41 heavy (non-hydrogen) atoms. The summed E-state index contributed by atoms with van der Waals surface area (Å²) in [7, 11) is -4.05. The van der Waals surface area contributed by atoms with E-state index in [-0.39, 0.29) is 55.4 Å². The summed E-state index contributed by atoms with van der Waals surface area (Å²) in [6, 6.07) is 9.82. The zero-order valence-electron chi connectivity index (χ0n) is 23.0. The van der Waals surface area contributed by atoms with Gasteiger partial charge in [0.25, 0.3) is 0 Å². The summed E-state index contributed by atoms with van der Waals surface area (Å²) in [5.41, 5.74) is 0.717. The van der Waals surface area contributed by atoms with Gasteiger partial charge in [-0.1, -0.05) is 26.0 Å². The minimum atomic E-state index is -4.05. The molecule has 0 aliphatic carbocycles. The normalized spacial score (nSPS) is 23.0. The molecule has 2 aromatic rings. The Morgan fingerprint density at radius 1 is 1.10 bits per heavy atom. The first kappa shape index (κ1) is 29.4. The lowest BCUT2D eigenvalue weighted by atomic mass is 10.0. The predicted molar refractivity (Wildman–Crippen MR) is 145 cm³/mol. The fraction of sp³-hybridized carbons (Fsp3) is 0.536. The first-order chi connectivity index (χ1) is 19.6. The summed E-state index contributed by atoms with van der Waals surface area (Å²) in [6.45, 7) is 4.35. The lowest BCUT2D eigenvalue weighted by molar-refractivity contribution is -0.0907. The number of alkyl carbamates (subject to hydrolysis) is 1. The zero-order valence-corrected chi connectivity index (χ0v) is 23.8. The molecule has 3 heterocycles. The number of benzene rings is 2. The topological polar surface area (TPSA) is 153 Å². The average Bonchev–Trinajstić information content (AvgIpc) is 3.67. The summed E-state index contributed by atoms with van der Waals surface area (Å²) in [6.07, 6.45) is -2.06. The number of aliphatic hydroxyl groups is 1. The molecule has 0 saturated carbocycles. The smallest absolute Gasteiger partial charge is 0.407 e. The molecule has 12 nitrogen and oxygen atoms in total. The first-order valence-electron chi connectivity index (χ1n) is 13.7. The minimum absolute atomic E-state index is 0.00613. The van der Waals surface area contributed by atoms with Crippen molar-refractivity contribution in [2.45, 2.75) is 56.1 Å². The molecular weight excluding hydrogens is 556 g/mol. The Kier molecular flexibility index (Phi) is 8.90. The number of sulfonamides is 1. The van der Waals surface area contributed by atoms with E-state index in [4.69, 9.17) is 23.7 Å². The van der Waals surface area contributed by atoms with Gasteiger partial charge in [-0.2, -0.15) is 4.31 Å². The summed E-state index contributed by atoms with van der Waals surface area (Å²) in [5, 5.41) is 23.8. The van der Waals surface area contributed by atoms with Crippen LogP contribution in [-0.2, 0) is 30.7 Å².